The maximum atomic E-state index is 6.06. The molecule has 1 aliphatic rings. The monoisotopic (exact) mass is 193 g/mol. The number of hydrogen-bond donors (Lipinski definition) is 2. The Morgan fingerprint density at radius 3 is 3.07 bits per heavy atom. The van der Waals surface area contributed by atoms with Crippen molar-refractivity contribution in [1.29, 1.82) is 0 Å². The van der Waals surface area contributed by atoms with Gasteiger partial charge in [-0.3, -0.25) is 0 Å². The van der Waals surface area contributed by atoms with Gasteiger partial charge in [0.05, 0.1) is 12.1 Å². The van der Waals surface area contributed by atoms with Crippen molar-refractivity contribution < 1.29 is 4.74 Å². The van der Waals surface area contributed by atoms with Crippen LogP contribution in [0.2, 0.25) is 0 Å². The molecule has 0 amide bonds. The molecule has 0 saturated carbocycles. The van der Waals surface area contributed by atoms with Crippen LogP contribution in [0.25, 0.3) is 0 Å². The van der Waals surface area contributed by atoms with Gasteiger partial charge in [0.15, 0.2) is 0 Å². The molecule has 2 atom stereocenters. The molecule has 0 aromatic carbocycles. The number of aromatic nitrogens is 1. The van der Waals surface area contributed by atoms with Gasteiger partial charge in [0.1, 0.15) is 5.82 Å². The van der Waals surface area contributed by atoms with Crippen molar-refractivity contribution in [2.45, 2.75) is 25.0 Å². The zero-order valence-corrected chi connectivity index (χ0v) is 8.02. The molecule has 2 rings (SSSR count). The summed E-state index contributed by atoms with van der Waals surface area (Å²) < 4.78 is 5.52. The fourth-order valence-corrected chi connectivity index (χ4v) is 1.80. The molecule has 0 bridgehead atoms. The average Bonchev–Trinajstić information content (AvgIpc) is 2.70. The molecular formula is C10H15N3O. The standard InChI is InChI=1S/C10H15N3O/c11-9(8-4-2-6-14-8)7-3-1-5-13-10(7)12/h1,3,5,8-9H,2,4,6,11H2,(H2,12,13). The van der Waals surface area contributed by atoms with Gasteiger partial charge in [-0.2, -0.15) is 0 Å². The summed E-state index contributed by atoms with van der Waals surface area (Å²) >= 11 is 0. The lowest BCUT2D eigenvalue weighted by Crippen LogP contribution is -2.26. The third kappa shape index (κ3) is 1.71. The van der Waals surface area contributed by atoms with Crippen molar-refractivity contribution in [2.75, 3.05) is 12.3 Å². The molecule has 2 heterocycles. The number of nitrogens with zero attached hydrogens (tertiary/aromatic N) is 1. The van der Waals surface area contributed by atoms with Crippen molar-refractivity contribution in [3.63, 3.8) is 0 Å². The fourth-order valence-electron chi connectivity index (χ4n) is 1.80. The fraction of sp³-hybridized carbons (Fsp3) is 0.500. The summed E-state index contributed by atoms with van der Waals surface area (Å²) in [6.07, 6.45) is 3.86. The van der Waals surface area contributed by atoms with Crippen molar-refractivity contribution in [2.24, 2.45) is 5.73 Å². The maximum Gasteiger partial charge on any atom is 0.128 e. The zero-order chi connectivity index (χ0) is 9.97. The molecule has 4 nitrogen and oxygen atoms in total. The minimum atomic E-state index is -0.147. The summed E-state index contributed by atoms with van der Waals surface area (Å²) in [6.45, 7) is 0.804. The number of rotatable bonds is 2. The molecule has 14 heavy (non-hydrogen) atoms. The first kappa shape index (κ1) is 9.43. The van der Waals surface area contributed by atoms with Crippen molar-refractivity contribution in [3.8, 4) is 0 Å². The van der Waals surface area contributed by atoms with Gasteiger partial charge in [0, 0.05) is 18.4 Å². The van der Waals surface area contributed by atoms with Crippen LogP contribution in [0.3, 0.4) is 0 Å². The molecule has 2 unspecified atom stereocenters. The van der Waals surface area contributed by atoms with Crippen LogP contribution < -0.4 is 11.5 Å². The number of nitrogens with two attached hydrogens (primary N) is 2. The lowest BCUT2D eigenvalue weighted by atomic mass is 10.0. The number of nitrogen functional groups attached to an aromatic ring is 1. The highest BCUT2D eigenvalue weighted by Crippen LogP contribution is 2.26. The van der Waals surface area contributed by atoms with Crippen molar-refractivity contribution in [3.05, 3.63) is 23.9 Å². The Kier molecular flexibility index (Phi) is 2.65. The highest BCUT2D eigenvalue weighted by Gasteiger charge is 2.25. The van der Waals surface area contributed by atoms with E-state index in [1.807, 2.05) is 12.1 Å². The second-order valence-electron chi connectivity index (χ2n) is 3.56. The summed E-state index contributed by atoms with van der Waals surface area (Å²) in [4.78, 5) is 4.01. The predicted molar refractivity (Wildman–Crippen MR) is 54.6 cm³/mol. The summed E-state index contributed by atoms with van der Waals surface area (Å²) in [5.41, 5.74) is 12.7. The largest absolute Gasteiger partial charge is 0.383 e. The van der Waals surface area contributed by atoms with Gasteiger partial charge >= 0.3 is 0 Å². The Morgan fingerprint density at radius 1 is 1.57 bits per heavy atom. The molecule has 0 aliphatic carbocycles. The van der Waals surface area contributed by atoms with Crippen LogP contribution in [0.4, 0.5) is 5.82 Å². The molecule has 1 saturated heterocycles. The average molecular weight is 193 g/mol. The first-order valence-corrected chi connectivity index (χ1v) is 4.86. The number of hydrogen-bond acceptors (Lipinski definition) is 4. The maximum absolute atomic E-state index is 6.06. The minimum absolute atomic E-state index is 0.0986. The van der Waals surface area contributed by atoms with Gasteiger partial charge in [-0.15, -0.1) is 0 Å². The quantitative estimate of drug-likeness (QED) is 0.730. The summed E-state index contributed by atoms with van der Waals surface area (Å²) in [6, 6.07) is 3.61. The molecular weight excluding hydrogens is 178 g/mol. The van der Waals surface area contributed by atoms with Crippen LogP contribution in [-0.4, -0.2) is 17.7 Å². The van der Waals surface area contributed by atoms with E-state index in [0.717, 1.165) is 25.0 Å². The minimum Gasteiger partial charge on any atom is -0.383 e. The van der Waals surface area contributed by atoms with Crippen molar-refractivity contribution in [1.82, 2.24) is 4.98 Å². The molecule has 0 spiro atoms. The first-order valence-electron chi connectivity index (χ1n) is 4.86. The van der Waals surface area contributed by atoms with Gasteiger partial charge < -0.3 is 16.2 Å². The van der Waals surface area contributed by atoms with E-state index in [0.29, 0.717) is 5.82 Å². The third-order valence-corrected chi connectivity index (χ3v) is 2.60. The van der Waals surface area contributed by atoms with Gasteiger partial charge in [-0.25, -0.2) is 4.98 Å². The van der Waals surface area contributed by atoms with E-state index in [1.165, 1.54) is 0 Å². The predicted octanol–water partition coefficient (Wildman–Crippen LogP) is 0.843. The Bertz CT molecular complexity index is 310. The second-order valence-corrected chi connectivity index (χ2v) is 3.56. The summed E-state index contributed by atoms with van der Waals surface area (Å²) in [5.74, 6) is 0.510. The SMILES string of the molecule is Nc1ncccc1C(N)C1CCCO1. The number of anilines is 1. The van der Waals surface area contributed by atoms with E-state index >= 15 is 0 Å². The highest BCUT2D eigenvalue weighted by atomic mass is 16.5. The lowest BCUT2D eigenvalue weighted by Gasteiger charge is -2.19. The summed E-state index contributed by atoms with van der Waals surface area (Å²) in [7, 11) is 0. The summed E-state index contributed by atoms with van der Waals surface area (Å²) in [5, 5.41) is 0. The molecule has 1 aliphatic heterocycles. The van der Waals surface area contributed by atoms with Gasteiger partial charge in [0.25, 0.3) is 0 Å². The number of ether oxygens (including phenoxy) is 1. The van der Waals surface area contributed by atoms with Crippen LogP contribution in [0.5, 0.6) is 0 Å². The van der Waals surface area contributed by atoms with Crippen LogP contribution in [-0.2, 0) is 4.74 Å². The molecule has 1 fully saturated rings. The second kappa shape index (κ2) is 3.94. The van der Waals surface area contributed by atoms with Crippen molar-refractivity contribution >= 4 is 5.82 Å². The first-order chi connectivity index (χ1) is 6.79. The smallest absolute Gasteiger partial charge is 0.128 e. The molecule has 4 N–H and O–H groups in total. The van der Waals surface area contributed by atoms with Crippen LogP contribution in [0.1, 0.15) is 24.4 Å². The molecule has 0 radical (unpaired) electrons. The van der Waals surface area contributed by atoms with E-state index in [2.05, 4.69) is 4.98 Å². The van der Waals surface area contributed by atoms with Gasteiger partial charge in [-0.05, 0) is 18.9 Å². The molecule has 4 heteroatoms. The Balaban J connectivity index is 2.17. The van der Waals surface area contributed by atoms with Gasteiger partial charge in [0.2, 0.25) is 0 Å². The van der Waals surface area contributed by atoms with E-state index in [4.69, 9.17) is 16.2 Å². The van der Waals surface area contributed by atoms with Crippen LogP contribution in [0, 0.1) is 0 Å². The number of pyridine rings is 1. The van der Waals surface area contributed by atoms with E-state index < -0.39 is 0 Å². The normalized spacial score (nSPS) is 23.6. The Hall–Kier alpha value is -1.13. The van der Waals surface area contributed by atoms with Crippen LogP contribution >= 0.6 is 0 Å². The van der Waals surface area contributed by atoms with E-state index in [-0.39, 0.29) is 12.1 Å². The van der Waals surface area contributed by atoms with Crippen LogP contribution in [0.15, 0.2) is 18.3 Å². The Morgan fingerprint density at radius 2 is 2.43 bits per heavy atom. The molecule has 76 valence electrons. The topological polar surface area (TPSA) is 74.2 Å². The zero-order valence-electron chi connectivity index (χ0n) is 8.02. The third-order valence-electron chi connectivity index (χ3n) is 2.60. The Labute approximate surface area is 83.3 Å². The van der Waals surface area contributed by atoms with E-state index in [9.17, 15) is 0 Å². The van der Waals surface area contributed by atoms with Gasteiger partial charge in [-0.1, -0.05) is 6.07 Å². The molecule has 1 aromatic rings. The van der Waals surface area contributed by atoms with E-state index in [1.54, 1.807) is 6.20 Å². The molecule has 1 aromatic heterocycles. The lowest BCUT2D eigenvalue weighted by molar-refractivity contribution is 0.0901. The highest BCUT2D eigenvalue weighted by molar-refractivity contribution is 5.41.